The lowest BCUT2D eigenvalue weighted by atomic mass is 10.5. The first kappa shape index (κ1) is 9.15. The number of pyridine rings is 1. The van der Waals surface area contributed by atoms with Crippen LogP contribution in [0.25, 0.3) is 0 Å². The molecule has 1 aromatic rings. The number of hydrogen-bond donors (Lipinski definition) is 1. The molecular formula is C7H9BrN4. The molecule has 0 spiro atoms. The van der Waals surface area contributed by atoms with Crippen LogP contribution in [0.2, 0.25) is 0 Å². The molecule has 4 nitrogen and oxygen atoms in total. The van der Waals surface area contributed by atoms with Crippen molar-refractivity contribution in [2.45, 2.75) is 0 Å². The van der Waals surface area contributed by atoms with Gasteiger partial charge in [-0.25, -0.2) is 4.68 Å². The molecular weight excluding hydrogens is 220 g/mol. The Kier molecular flexibility index (Phi) is 3.19. The molecule has 12 heavy (non-hydrogen) atoms. The molecule has 0 amide bonds. The van der Waals surface area contributed by atoms with Gasteiger partial charge in [0.25, 0.3) is 0 Å². The minimum absolute atomic E-state index is 0.234. The highest BCUT2D eigenvalue weighted by Crippen LogP contribution is 2.00. The summed E-state index contributed by atoms with van der Waals surface area (Å²) in [4.78, 5) is 4.04. The van der Waals surface area contributed by atoms with Gasteiger partial charge in [0.15, 0.2) is 5.49 Å². The lowest BCUT2D eigenvalue weighted by Crippen LogP contribution is -2.19. The monoisotopic (exact) mass is 228 g/mol. The zero-order chi connectivity index (χ0) is 8.97. The maximum atomic E-state index is 5.29. The van der Waals surface area contributed by atoms with Crippen molar-refractivity contribution < 1.29 is 0 Å². The number of hydrogen-bond acceptors (Lipinski definition) is 3. The van der Waals surface area contributed by atoms with Gasteiger partial charge in [-0.3, -0.25) is 4.99 Å². The molecule has 1 rings (SSSR count). The van der Waals surface area contributed by atoms with E-state index in [0.717, 1.165) is 4.47 Å². The Morgan fingerprint density at radius 1 is 1.67 bits per heavy atom. The lowest BCUT2D eigenvalue weighted by Gasteiger charge is -1.99. The normalized spacial score (nSPS) is 11.7. The van der Waals surface area contributed by atoms with E-state index < -0.39 is 0 Å². The molecule has 0 aliphatic carbocycles. The molecule has 0 fully saturated rings. The third-order valence-corrected chi connectivity index (χ3v) is 1.91. The van der Waals surface area contributed by atoms with Crippen molar-refractivity contribution in [2.75, 3.05) is 6.67 Å². The molecule has 2 N–H and O–H groups in total. The minimum Gasteiger partial charge on any atom is -0.312 e. The summed E-state index contributed by atoms with van der Waals surface area (Å²) in [5.41, 5.74) is 5.97. The number of aromatic nitrogens is 1. The molecule has 0 saturated carbocycles. The average molecular weight is 229 g/mol. The number of nitrogens with two attached hydrogens (primary N) is 1. The standard InChI is InChI=1S/C7H9BrN4/c1-10-12-4-2-3-6(8)7(12)11-5-9/h2-4H,1,5,9H2. The molecule has 5 heteroatoms. The van der Waals surface area contributed by atoms with Gasteiger partial charge in [0.2, 0.25) is 0 Å². The highest BCUT2D eigenvalue weighted by molar-refractivity contribution is 9.10. The molecule has 0 unspecified atom stereocenters. The second-order valence-electron chi connectivity index (χ2n) is 2.01. The molecule has 64 valence electrons. The van der Waals surface area contributed by atoms with Gasteiger partial charge in [0.1, 0.15) is 0 Å². The smallest absolute Gasteiger partial charge is 0.164 e. The fourth-order valence-corrected chi connectivity index (χ4v) is 1.27. The lowest BCUT2D eigenvalue weighted by molar-refractivity contribution is 0.781. The summed E-state index contributed by atoms with van der Waals surface area (Å²) < 4.78 is 2.40. The third kappa shape index (κ3) is 1.80. The molecule has 0 aliphatic rings. The Bertz CT molecular complexity index is 342. The SMILES string of the molecule is C=Nn1cccc(Br)c1=NCN. The number of rotatable bonds is 2. The summed E-state index contributed by atoms with van der Waals surface area (Å²) >= 11 is 3.33. The van der Waals surface area contributed by atoms with Crippen LogP contribution in [0.4, 0.5) is 0 Å². The first-order valence-corrected chi connectivity index (χ1v) is 4.13. The molecule has 0 aliphatic heterocycles. The Balaban J connectivity index is 3.39. The first-order chi connectivity index (χ1) is 5.79. The van der Waals surface area contributed by atoms with E-state index in [1.165, 1.54) is 0 Å². The summed E-state index contributed by atoms with van der Waals surface area (Å²) in [5, 5.41) is 3.74. The summed E-state index contributed by atoms with van der Waals surface area (Å²) in [6, 6.07) is 3.71. The van der Waals surface area contributed by atoms with Crippen molar-refractivity contribution >= 4 is 22.6 Å². The van der Waals surface area contributed by atoms with Crippen molar-refractivity contribution in [3.05, 3.63) is 28.3 Å². The van der Waals surface area contributed by atoms with Crippen LogP contribution < -0.4 is 11.2 Å². The third-order valence-electron chi connectivity index (χ3n) is 1.29. The van der Waals surface area contributed by atoms with Crippen molar-refractivity contribution in [1.82, 2.24) is 4.68 Å². The van der Waals surface area contributed by atoms with E-state index >= 15 is 0 Å². The molecule has 1 aromatic heterocycles. The number of halogens is 1. The van der Waals surface area contributed by atoms with Crippen LogP contribution in [0.5, 0.6) is 0 Å². The van der Waals surface area contributed by atoms with Gasteiger partial charge in [-0.05, 0) is 28.1 Å². The van der Waals surface area contributed by atoms with Gasteiger partial charge >= 0.3 is 0 Å². The predicted octanol–water partition coefficient (Wildman–Crippen LogP) is 0.531. The van der Waals surface area contributed by atoms with Gasteiger partial charge in [0.05, 0.1) is 11.1 Å². The van der Waals surface area contributed by atoms with E-state index in [1.807, 2.05) is 12.1 Å². The van der Waals surface area contributed by atoms with Crippen molar-refractivity contribution in [3.8, 4) is 0 Å². The van der Waals surface area contributed by atoms with E-state index in [2.05, 4.69) is 32.7 Å². The largest absolute Gasteiger partial charge is 0.312 e. The van der Waals surface area contributed by atoms with Crippen LogP contribution in [0.3, 0.4) is 0 Å². The summed E-state index contributed by atoms with van der Waals surface area (Å²) in [6.45, 7) is 3.64. The predicted molar refractivity (Wildman–Crippen MR) is 51.7 cm³/mol. The Hall–Kier alpha value is -0.940. The van der Waals surface area contributed by atoms with E-state index in [0.29, 0.717) is 5.49 Å². The molecule has 0 radical (unpaired) electrons. The van der Waals surface area contributed by atoms with Crippen molar-refractivity contribution in [2.24, 2.45) is 15.8 Å². The van der Waals surface area contributed by atoms with Crippen molar-refractivity contribution in [3.63, 3.8) is 0 Å². The zero-order valence-electron chi connectivity index (χ0n) is 6.44. The van der Waals surface area contributed by atoms with Crippen LogP contribution in [0, 0.1) is 0 Å². The van der Waals surface area contributed by atoms with Gasteiger partial charge in [-0.2, -0.15) is 5.10 Å². The highest BCUT2D eigenvalue weighted by atomic mass is 79.9. The summed E-state index contributed by atoms with van der Waals surface area (Å²) in [5.74, 6) is 0. The zero-order valence-corrected chi connectivity index (χ0v) is 8.03. The highest BCUT2D eigenvalue weighted by Gasteiger charge is 1.93. The van der Waals surface area contributed by atoms with E-state index in [4.69, 9.17) is 5.73 Å². The van der Waals surface area contributed by atoms with Gasteiger partial charge in [0, 0.05) is 12.9 Å². The second kappa shape index (κ2) is 4.18. The van der Waals surface area contributed by atoms with E-state index in [9.17, 15) is 0 Å². The Labute approximate surface area is 78.6 Å². The quantitative estimate of drug-likeness (QED) is 0.739. The molecule has 0 atom stereocenters. The van der Waals surface area contributed by atoms with Crippen LogP contribution >= 0.6 is 15.9 Å². The van der Waals surface area contributed by atoms with Gasteiger partial charge in [-0.15, -0.1) is 0 Å². The average Bonchev–Trinajstić information content (AvgIpc) is 2.09. The van der Waals surface area contributed by atoms with Crippen molar-refractivity contribution in [1.29, 1.82) is 0 Å². The fourth-order valence-electron chi connectivity index (χ4n) is 0.812. The fraction of sp³-hybridized carbons (Fsp3) is 0.143. The maximum Gasteiger partial charge on any atom is 0.164 e. The van der Waals surface area contributed by atoms with Crippen LogP contribution in [0.15, 0.2) is 32.9 Å². The number of nitrogens with zero attached hydrogens (tertiary/aromatic N) is 3. The van der Waals surface area contributed by atoms with Gasteiger partial charge in [-0.1, -0.05) is 0 Å². The van der Waals surface area contributed by atoms with Crippen LogP contribution in [0.1, 0.15) is 0 Å². The second-order valence-corrected chi connectivity index (χ2v) is 2.86. The molecule has 0 saturated heterocycles. The molecule has 0 bridgehead atoms. The Morgan fingerprint density at radius 2 is 2.42 bits per heavy atom. The Morgan fingerprint density at radius 3 is 3.00 bits per heavy atom. The first-order valence-electron chi connectivity index (χ1n) is 3.34. The van der Waals surface area contributed by atoms with E-state index in [1.54, 1.807) is 10.9 Å². The maximum absolute atomic E-state index is 5.29. The summed E-state index contributed by atoms with van der Waals surface area (Å²) in [6.07, 6.45) is 1.76. The van der Waals surface area contributed by atoms with Crippen LogP contribution in [-0.2, 0) is 0 Å². The summed E-state index contributed by atoms with van der Waals surface area (Å²) in [7, 11) is 0. The van der Waals surface area contributed by atoms with E-state index in [-0.39, 0.29) is 6.67 Å². The molecule has 0 aromatic carbocycles. The minimum atomic E-state index is 0.234. The molecule has 1 heterocycles. The van der Waals surface area contributed by atoms with Gasteiger partial charge < -0.3 is 5.73 Å². The van der Waals surface area contributed by atoms with Crippen LogP contribution in [-0.4, -0.2) is 18.1 Å². The topological polar surface area (TPSA) is 55.7 Å².